The van der Waals surface area contributed by atoms with Crippen LogP contribution in [0.4, 0.5) is 0 Å². The molecule has 2 aromatic carbocycles. The van der Waals surface area contributed by atoms with Crippen LogP contribution in [0.15, 0.2) is 48.5 Å². The first kappa shape index (κ1) is 12.4. The van der Waals surface area contributed by atoms with E-state index in [1.165, 1.54) is 28.7 Å². The Balaban J connectivity index is 1.96. The number of unbranched alkanes of at least 4 members (excludes halogenated alkanes) is 1. The lowest BCUT2D eigenvalue weighted by atomic mass is 10.1. The number of fused-ring (bicyclic) bond motifs is 1. The van der Waals surface area contributed by atoms with E-state index in [1.807, 2.05) is 6.07 Å². The molecule has 1 aromatic heterocycles. The summed E-state index contributed by atoms with van der Waals surface area (Å²) < 4.78 is 1.26. The fraction of sp³-hybridized carbons (Fsp3) is 0.235. The van der Waals surface area contributed by atoms with Gasteiger partial charge >= 0.3 is 0 Å². The van der Waals surface area contributed by atoms with Gasteiger partial charge in [-0.3, -0.25) is 0 Å². The zero-order valence-corrected chi connectivity index (χ0v) is 11.9. The standard InChI is InChI=1S/C17H17NS/c1-2-3-7-13-8-6-9-14(12-13)17-18-15-10-4-5-11-16(15)19-17/h4-6,8-12H,2-3,7H2,1H3. The zero-order valence-electron chi connectivity index (χ0n) is 11.1. The number of aryl methyl sites for hydroxylation is 1. The van der Waals surface area contributed by atoms with Crippen LogP contribution in [0.5, 0.6) is 0 Å². The Morgan fingerprint density at radius 3 is 2.79 bits per heavy atom. The van der Waals surface area contributed by atoms with Crippen molar-refractivity contribution >= 4 is 21.6 Å². The number of nitrogens with zero attached hydrogens (tertiary/aromatic N) is 1. The molecule has 0 N–H and O–H groups in total. The van der Waals surface area contributed by atoms with Crippen molar-refractivity contribution in [2.45, 2.75) is 26.2 Å². The maximum atomic E-state index is 4.72. The number of rotatable bonds is 4. The molecule has 0 saturated carbocycles. The Labute approximate surface area is 117 Å². The molecule has 0 aliphatic heterocycles. The van der Waals surface area contributed by atoms with Gasteiger partial charge in [0.1, 0.15) is 5.01 Å². The molecule has 0 bridgehead atoms. The normalized spacial score (nSPS) is 11.0. The molecule has 0 saturated heterocycles. The smallest absolute Gasteiger partial charge is 0.124 e. The fourth-order valence-corrected chi connectivity index (χ4v) is 3.20. The third kappa shape index (κ3) is 2.69. The Bertz CT molecular complexity index is 651. The first-order valence-corrected chi connectivity index (χ1v) is 7.63. The molecule has 2 heteroatoms. The van der Waals surface area contributed by atoms with Crippen molar-refractivity contribution in [3.63, 3.8) is 0 Å². The molecule has 0 fully saturated rings. The van der Waals surface area contributed by atoms with Gasteiger partial charge in [0.15, 0.2) is 0 Å². The minimum absolute atomic E-state index is 1.10. The Morgan fingerprint density at radius 1 is 1.05 bits per heavy atom. The van der Waals surface area contributed by atoms with E-state index in [-0.39, 0.29) is 0 Å². The van der Waals surface area contributed by atoms with Crippen LogP contribution >= 0.6 is 11.3 Å². The highest BCUT2D eigenvalue weighted by Crippen LogP contribution is 2.30. The van der Waals surface area contributed by atoms with Gasteiger partial charge in [0, 0.05) is 5.56 Å². The Kier molecular flexibility index (Phi) is 3.60. The second-order valence-electron chi connectivity index (χ2n) is 4.79. The van der Waals surface area contributed by atoms with Gasteiger partial charge in [-0.1, -0.05) is 43.7 Å². The third-order valence-electron chi connectivity index (χ3n) is 3.29. The van der Waals surface area contributed by atoms with Crippen molar-refractivity contribution in [2.24, 2.45) is 0 Å². The Morgan fingerprint density at radius 2 is 1.95 bits per heavy atom. The van der Waals surface area contributed by atoms with Crippen molar-refractivity contribution in [3.8, 4) is 10.6 Å². The van der Waals surface area contributed by atoms with Gasteiger partial charge < -0.3 is 0 Å². The van der Waals surface area contributed by atoms with Gasteiger partial charge in [-0.25, -0.2) is 4.98 Å². The SMILES string of the molecule is CCCCc1cccc(-c2nc3ccccc3s2)c1. The third-order valence-corrected chi connectivity index (χ3v) is 4.37. The van der Waals surface area contributed by atoms with E-state index in [2.05, 4.69) is 49.4 Å². The zero-order chi connectivity index (χ0) is 13.1. The lowest BCUT2D eigenvalue weighted by Gasteiger charge is -2.02. The number of aromatic nitrogens is 1. The van der Waals surface area contributed by atoms with Gasteiger partial charge in [0.05, 0.1) is 10.2 Å². The van der Waals surface area contributed by atoms with E-state index < -0.39 is 0 Å². The first-order chi connectivity index (χ1) is 9.36. The summed E-state index contributed by atoms with van der Waals surface area (Å²) in [6, 6.07) is 17.1. The number of hydrogen-bond donors (Lipinski definition) is 0. The summed E-state index contributed by atoms with van der Waals surface area (Å²) >= 11 is 1.77. The first-order valence-electron chi connectivity index (χ1n) is 6.81. The van der Waals surface area contributed by atoms with Gasteiger partial charge in [-0.2, -0.15) is 0 Å². The molecule has 0 spiro atoms. The molecule has 19 heavy (non-hydrogen) atoms. The molecular formula is C17H17NS. The molecule has 1 nitrogen and oxygen atoms in total. The largest absolute Gasteiger partial charge is 0.236 e. The fourth-order valence-electron chi connectivity index (χ4n) is 2.24. The van der Waals surface area contributed by atoms with Crippen LogP contribution < -0.4 is 0 Å². The minimum Gasteiger partial charge on any atom is -0.236 e. The van der Waals surface area contributed by atoms with Gasteiger partial charge in [0.2, 0.25) is 0 Å². The summed E-state index contributed by atoms with van der Waals surface area (Å²) in [6.45, 7) is 2.23. The van der Waals surface area contributed by atoms with Crippen LogP contribution in [0.1, 0.15) is 25.3 Å². The number of para-hydroxylation sites is 1. The average Bonchev–Trinajstić information content (AvgIpc) is 2.89. The quantitative estimate of drug-likeness (QED) is 0.624. The van der Waals surface area contributed by atoms with Crippen LogP contribution in [-0.2, 0) is 6.42 Å². The number of benzene rings is 2. The van der Waals surface area contributed by atoms with E-state index in [0.29, 0.717) is 0 Å². The molecule has 0 radical (unpaired) electrons. The number of hydrogen-bond acceptors (Lipinski definition) is 2. The second kappa shape index (κ2) is 5.54. The predicted molar refractivity (Wildman–Crippen MR) is 83.7 cm³/mol. The van der Waals surface area contributed by atoms with E-state index in [4.69, 9.17) is 4.98 Å². The summed E-state index contributed by atoms with van der Waals surface area (Å²) in [5.41, 5.74) is 3.76. The number of thiazole rings is 1. The molecule has 0 aliphatic carbocycles. The average molecular weight is 267 g/mol. The van der Waals surface area contributed by atoms with E-state index >= 15 is 0 Å². The van der Waals surface area contributed by atoms with Crippen molar-refractivity contribution in [2.75, 3.05) is 0 Å². The summed E-state index contributed by atoms with van der Waals surface area (Å²) in [5, 5.41) is 1.12. The lowest BCUT2D eigenvalue weighted by molar-refractivity contribution is 0.795. The summed E-state index contributed by atoms with van der Waals surface area (Å²) in [7, 11) is 0. The molecule has 3 aromatic rings. The monoisotopic (exact) mass is 267 g/mol. The van der Waals surface area contributed by atoms with Gasteiger partial charge in [0.25, 0.3) is 0 Å². The van der Waals surface area contributed by atoms with Crippen molar-refractivity contribution in [1.29, 1.82) is 0 Å². The lowest BCUT2D eigenvalue weighted by Crippen LogP contribution is -1.85. The van der Waals surface area contributed by atoms with Crippen LogP contribution in [-0.4, -0.2) is 4.98 Å². The van der Waals surface area contributed by atoms with Crippen molar-refractivity contribution in [1.82, 2.24) is 4.98 Å². The topological polar surface area (TPSA) is 12.9 Å². The van der Waals surface area contributed by atoms with E-state index in [9.17, 15) is 0 Å². The van der Waals surface area contributed by atoms with Gasteiger partial charge in [-0.15, -0.1) is 11.3 Å². The van der Waals surface area contributed by atoms with E-state index in [1.54, 1.807) is 11.3 Å². The maximum absolute atomic E-state index is 4.72. The van der Waals surface area contributed by atoms with Crippen molar-refractivity contribution < 1.29 is 0 Å². The maximum Gasteiger partial charge on any atom is 0.124 e. The van der Waals surface area contributed by atoms with Crippen LogP contribution in [0.25, 0.3) is 20.8 Å². The van der Waals surface area contributed by atoms with Gasteiger partial charge in [-0.05, 0) is 36.6 Å². The summed E-state index contributed by atoms with van der Waals surface area (Å²) in [5.74, 6) is 0. The second-order valence-corrected chi connectivity index (χ2v) is 5.82. The summed E-state index contributed by atoms with van der Waals surface area (Å²) in [4.78, 5) is 4.72. The van der Waals surface area contributed by atoms with Crippen LogP contribution in [0.2, 0.25) is 0 Å². The van der Waals surface area contributed by atoms with E-state index in [0.717, 1.165) is 16.9 Å². The molecule has 3 rings (SSSR count). The molecule has 0 aliphatic rings. The van der Waals surface area contributed by atoms with Crippen LogP contribution in [0, 0.1) is 0 Å². The highest BCUT2D eigenvalue weighted by molar-refractivity contribution is 7.21. The molecule has 0 amide bonds. The highest BCUT2D eigenvalue weighted by atomic mass is 32.1. The molecule has 0 atom stereocenters. The predicted octanol–water partition coefficient (Wildman–Crippen LogP) is 5.31. The molecular weight excluding hydrogens is 250 g/mol. The van der Waals surface area contributed by atoms with Crippen molar-refractivity contribution in [3.05, 3.63) is 54.1 Å². The minimum atomic E-state index is 1.10. The van der Waals surface area contributed by atoms with Crippen LogP contribution in [0.3, 0.4) is 0 Å². The highest BCUT2D eigenvalue weighted by Gasteiger charge is 2.06. The summed E-state index contributed by atoms with van der Waals surface area (Å²) in [6.07, 6.45) is 3.66. The Hall–Kier alpha value is -1.67. The molecule has 96 valence electrons. The molecule has 1 heterocycles. The molecule has 0 unspecified atom stereocenters.